The highest BCUT2D eigenvalue weighted by Crippen LogP contribution is 2.63. The highest BCUT2D eigenvalue weighted by molar-refractivity contribution is 6.22. The fourth-order valence-electron chi connectivity index (χ4n) is 12.6. The van der Waals surface area contributed by atoms with Gasteiger partial charge < -0.3 is 9.47 Å². The van der Waals surface area contributed by atoms with Crippen molar-refractivity contribution in [1.82, 2.24) is 9.55 Å². The molecule has 3 heterocycles. The largest absolute Gasteiger partial charge is 0.310 e. The first-order valence-electron chi connectivity index (χ1n) is 24.5. The first-order valence-corrected chi connectivity index (χ1v) is 24.5. The number of hydrogen-bond donors (Lipinski definition) is 0. The van der Waals surface area contributed by atoms with E-state index in [9.17, 15) is 0 Å². The summed E-state index contributed by atoms with van der Waals surface area (Å²) in [6.45, 7) is 0. The Kier molecular flexibility index (Phi) is 8.57. The van der Waals surface area contributed by atoms with E-state index in [4.69, 9.17) is 4.98 Å². The topological polar surface area (TPSA) is 21.1 Å². The smallest absolute Gasteiger partial charge is 0.0754 e. The van der Waals surface area contributed by atoms with E-state index < -0.39 is 5.41 Å². The standard InChI is InChI=1S/C68H43N3/c1-3-19-47(20-4-1)70-62-32-16-12-24-50(62)56-42-45(37-40-63(56)70)66-51-25-7-9-27-53(51)67(54-28-10-8-26-52(54)66)46-36-39-61(69-43-46)44-35-38-58-55(41-44)49-23-11-13-29-57(49)68(58)59-30-14-17-33-64(59)71(48-21-5-2-6-22-48)65-34-18-15-31-60(65)68/h1-43H. The number of pyridine rings is 1. The van der Waals surface area contributed by atoms with Crippen LogP contribution < -0.4 is 4.90 Å². The fourth-order valence-corrected chi connectivity index (χ4v) is 12.6. The lowest BCUT2D eigenvalue weighted by molar-refractivity contribution is 0.752. The average molecular weight is 902 g/mol. The molecule has 0 bridgehead atoms. The summed E-state index contributed by atoms with van der Waals surface area (Å²) in [6.07, 6.45) is 2.09. The van der Waals surface area contributed by atoms with E-state index in [1.165, 1.54) is 105 Å². The van der Waals surface area contributed by atoms with Crippen molar-refractivity contribution < 1.29 is 0 Å². The lowest BCUT2D eigenvalue weighted by Crippen LogP contribution is -2.36. The van der Waals surface area contributed by atoms with Gasteiger partial charge in [-0.05, 0) is 138 Å². The third-order valence-electron chi connectivity index (χ3n) is 15.4. The van der Waals surface area contributed by atoms with Crippen LogP contribution in [0.15, 0.2) is 261 Å². The normalized spacial score (nSPS) is 13.2. The predicted octanol–water partition coefficient (Wildman–Crippen LogP) is 17.6. The fraction of sp³-hybridized carbons (Fsp3) is 0.0147. The van der Waals surface area contributed by atoms with E-state index in [1.807, 2.05) is 0 Å². The SMILES string of the molecule is c1ccc(N2c3ccccc3C3(c4ccccc4-c4cc(-c5ccc(-c6c7ccccc7c(-c7ccc8c(c7)c7ccccc7n8-c7ccccc7)c7ccccc67)cn5)ccc43)c3ccccc32)cc1. The number of hydrogen-bond acceptors (Lipinski definition) is 2. The summed E-state index contributed by atoms with van der Waals surface area (Å²) in [7, 11) is 0. The minimum absolute atomic E-state index is 0.499. The molecule has 0 radical (unpaired) electrons. The number of benzene rings is 11. The zero-order valence-corrected chi connectivity index (χ0v) is 38.7. The molecule has 15 rings (SSSR count). The van der Waals surface area contributed by atoms with Gasteiger partial charge in [0.15, 0.2) is 0 Å². The van der Waals surface area contributed by atoms with Crippen molar-refractivity contribution in [2.24, 2.45) is 0 Å². The number of para-hydroxylation sites is 5. The van der Waals surface area contributed by atoms with Crippen molar-refractivity contribution in [3.8, 4) is 50.3 Å². The van der Waals surface area contributed by atoms with Crippen molar-refractivity contribution in [3.05, 3.63) is 283 Å². The number of rotatable bonds is 5. The number of anilines is 3. The van der Waals surface area contributed by atoms with Crippen LogP contribution in [0.1, 0.15) is 22.3 Å². The monoisotopic (exact) mass is 901 g/mol. The summed E-state index contributed by atoms with van der Waals surface area (Å²) in [5.41, 5.74) is 21.1. The molecular weight excluding hydrogens is 859 g/mol. The Morgan fingerprint density at radius 3 is 1.45 bits per heavy atom. The maximum Gasteiger partial charge on any atom is 0.0754 e. The lowest BCUT2D eigenvalue weighted by Gasteiger charge is -2.45. The summed E-state index contributed by atoms with van der Waals surface area (Å²) in [5.74, 6) is 0. The molecule has 1 spiro atoms. The van der Waals surface area contributed by atoms with Crippen LogP contribution in [0.5, 0.6) is 0 Å². The number of nitrogens with zero attached hydrogens (tertiary/aromatic N) is 3. The van der Waals surface area contributed by atoms with Gasteiger partial charge in [-0.2, -0.15) is 0 Å². The minimum Gasteiger partial charge on any atom is -0.310 e. The van der Waals surface area contributed by atoms with Crippen LogP contribution in [0, 0.1) is 0 Å². The summed E-state index contributed by atoms with van der Waals surface area (Å²) < 4.78 is 2.39. The zero-order chi connectivity index (χ0) is 46.6. The van der Waals surface area contributed by atoms with Crippen LogP contribution in [0.2, 0.25) is 0 Å². The van der Waals surface area contributed by atoms with Crippen LogP contribution in [-0.2, 0) is 5.41 Å². The first-order chi connectivity index (χ1) is 35.3. The Hall–Kier alpha value is -9.31. The van der Waals surface area contributed by atoms with Crippen molar-refractivity contribution in [2.75, 3.05) is 4.90 Å². The molecule has 3 nitrogen and oxygen atoms in total. The molecule has 2 aromatic heterocycles. The molecule has 0 saturated heterocycles. The van der Waals surface area contributed by atoms with Crippen LogP contribution in [0.3, 0.4) is 0 Å². The van der Waals surface area contributed by atoms with E-state index in [0.29, 0.717) is 0 Å². The average Bonchev–Trinajstić information content (AvgIpc) is 3.93. The van der Waals surface area contributed by atoms with E-state index in [1.54, 1.807) is 0 Å². The second kappa shape index (κ2) is 15.3. The van der Waals surface area contributed by atoms with Gasteiger partial charge in [0, 0.05) is 39.5 Å². The molecule has 2 aliphatic rings. The molecule has 0 saturated carbocycles. The highest BCUT2D eigenvalue weighted by atomic mass is 15.2. The summed E-state index contributed by atoms with van der Waals surface area (Å²) in [5, 5.41) is 7.35. The molecule has 0 amide bonds. The van der Waals surface area contributed by atoms with Crippen LogP contribution >= 0.6 is 0 Å². The van der Waals surface area contributed by atoms with E-state index in [-0.39, 0.29) is 0 Å². The van der Waals surface area contributed by atoms with Gasteiger partial charge in [-0.15, -0.1) is 0 Å². The Bertz CT molecular complexity index is 4180. The van der Waals surface area contributed by atoms with Gasteiger partial charge in [-0.3, -0.25) is 4.98 Å². The van der Waals surface area contributed by atoms with Crippen molar-refractivity contribution in [2.45, 2.75) is 5.41 Å². The van der Waals surface area contributed by atoms with Gasteiger partial charge in [-0.25, -0.2) is 0 Å². The highest BCUT2D eigenvalue weighted by Gasteiger charge is 2.51. The van der Waals surface area contributed by atoms with Gasteiger partial charge in [-0.1, -0.05) is 188 Å². The molecule has 0 N–H and O–H groups in total. The van der Waals surface area contributed by atoms with Crippen LogP contribution in [0.25, 0.3) is 93.7 Å². The molecule has 11 aromatic carbocycles. The Labute approximate surface area is 411 Å². The van der Waals surface area contributed by atoms with Crippen LogP contribution in [-0.4, -0.2) is 9.55 Å². The van der Waals surface area contributed by atoms with E-state index >= 15 is 0 Å². The summed E-state index contributed by atoms with van der Waals surface area (Å²) in [4.78, 5) is 7.73. The molecule has 0 fully saturated rings. The van der Waals surface area contributed by atoms with Gasteiger partial charge in [0.1, 0.15) is 0 Å². The maximum absolute atomic E-state index is 5.30. The van der Waals surface area contributed by atoms with Gasteiger partial charge in [0.25, 0.3) is 0 Å². The third kappa shape index (κ3) is 5.63. The third-order valence-corrected chi connectivity index (χ3v) is 15.4. The Balaban J connectivity index is 0.862. The first kappa shape index (κ1) is 39.7. The van der Waals surface area contributed by atoms with E-state index in [2.05, 4.69) is 270 Å². The number of aromatic nitrogens is 2. The Morgan fingerprint density at radius 2 is 0.803 bits per heavy atom. The molecular formula is C68H43N3. The van der Waals surface area contributed by atoms with Crippen molar-refractivity contribution in [3.63, 3.8) is 0 Å². The molecule has 330 valence electrons. The quantitative estimate of drug-likeness (QED) is 0.161. The van der Waals surface area contributed by atoms with Gasteiger partial charge in [0.05, 0.1) is 33.5 Å². The second-order valence-corrected chi connectivity index (χ2v) is 19.0. The van der Waals surface area contributed by atoms with E-state index in [0.717, 1.165) is 28.2 Å². The van der Waals surface area contributed by atoms with Crippen LogP contribution in [0.4, 0.5) is 17.1 Å². The predicted molar refractivity (Wildman–Crippen MR) is 295 cm³/mol. The molecule has 0 atom stereocenters. The molecule has 3 heteroatoms. The lowest BCUT2D eigenvalue weighted by atomic mass is 9.64. The maximum atomic E-state index is 5.30. The molecule has 13 aromatic rings. The van der Waals surface area contributed by atoms with Crippen molar-refractivity contribution >= 4 is 60.4 Å². The molecule has 0 unspecified atom stereocenters. The second-order valence-electron chi connectivity index (χ2n) is 19.0. The number of fused-ring (bicyclic) bond motifs is 14. The molecule has 1 aliphatic carbocycles. The molecule has 71 heavy (non-hydrogen) atoms. The zero-order valence-electron chi connectivity index (χ0n) is 38.7. The summed E-state index contributed by atoms with van der Waals surface area (Å²) in [6, 6.07) is 93.6. The minimum atomic E-state index is -0.499. The van der Waals surface area contributed by atoms with Crippen molar-refractivity contribution in [1.29, 1.82) is 0 Å². The van der Waals surface area contributed by atoms with Gasteiger partial charge >= 0.3 is 0 Å². The van der Waals surface area contributed by atoms with Gasteiger partial charge in [0.2, 0.25) is 0 Å². The Morgan fingerprint density at radius 1 is 0.310 bits per heavy atom. The summed E-state index contributed by atoms with van der Waals surface area (Å²) >= 11 is 0. The molecule has 1 aliphatic heterocycles.